The summed E-state index contributed by atoms with van der Waals surface area (Å²) in [5, 5.41) is 10.5. The Bertz CT molecular complexity index is 444. The van der Waals surface area contributed by atoms with E-state index in [-0.39, 0.29) is 11.7 Å². The lowest BCUT2D eigenvalue weighted by Gasteiger charge is -2.24. The fourth-order valence-electron chi connectivity index (χ4n) is 1.54. The molecule has 0 bridgehead atoms. The van der Waals surface area contributed by atoms with Crippen molar-refractivity contribution in [2.45, 2.75) is 32.6 Å². The molecule has 98 valence electrons. The summed E-state index contributed by atoms with van der Waals surface area (Å²) in [5.41, 5.74) is -0.486. The first kappa shape index (κ1) is 14.1. The molecular weight excluding hydrogens is 236 g/mol. The summed E-state index contributed by atoms with van der Waals surface area (Å²) in [6.07, 6.45) is 1.67. The minimum atomic E-state index is -0.870. The molecule has 1 atom stereocenters. The third-order valence-corrected chi connectivity index (χ3v) is 2.96. The lowest BCUT2D eigenvalue weighted by atomic mass is 9.83. The third-order valence-electron chi connectivity index (χ3n) is 2.96. The highest BCUT2D eigenvalue weighted by atomic mass is 16.6. The molecule has 0 aliphatic heterocycles. The molecule has 1 aromatic heterocycles. The maximum Gasteiger partial charge on any atom is 0.317 e. The second kappa shape index (κ2) is 5.57. The van der Waals surface area contributed by atoms with Crippen molar-refractivity contribution in [2.24, 2.45) is 0 Å². The number of nitrogens with zero attached hydrogens (tertiary/aromatic N) is 2. The molecule has 1 unspecified atom stereocenters. The molecule has 1 rings (SSSR count). The van der Waals surface area contributed by atoms with E-state index in [9.17, 15) is 14.9 Å². The van der Waals surface area contributed by atoms with Crippen molar-refractivity contribution in [1.29, 1.82) is 0 Å². The van der Waals surface area contributed by atoms with Crippen molar-refractivity contribution in [1.82, 2.24) is 4.98 Å². The number of carbonyl (C=O) groups is 1. The Labute approximate surface area is 105 Å². The maximum atomic E-state index is 11.9. The molecule has 0 spiro atoms. The van der Waals surface area contributed by atoms with E-state index in [0.29, 0.717) is 18.7 Å². The molecule has 18 heavy (non-hydrogen) atoms. The Morgan fingerprint density at radius 1 is 1.50 bits per heavy atom. The van der Waals surface area contributed by atoms with Crippen LogP contribution in [-0.4, -0.2) is 22.5 Å². The molecule has 0 fully saturated rings. The van der Waals surface area contributed by atoms with Crippen LogP contribution in [0.25, 0.3) is 0 Å². The highest BCUT2D eigenvalue weighted by Gasteiger charge is 2.36. The summed E-state index contributed by atoms with van der Waals surface area (Å²) < 4.78 is 5.02. The molecular formula is C12H16N2O4. The van der Waals surface area contributed by atoms with Gasteiger partial charge in [0.05, 0.1) is 17.2 Å². The first-order valence-electron chi connectivity index (χ1n) is 5.73. The Hall–Kier alpha value is -1.98. The highest BCUT2D eigenvalue weighted by molar-refractivity contribution is 5.82. The first-order chi connectivity index (χ1) is 8.45. The van der Waals surface area contributed by atoms with E-state index in [1.165, 1.54) is 12.1 Å². The van der Waals surface area contributed by atoms with Crippen molar-refractivity contribution in [3.63, 3.8) is 0 Å². The van der Waals surface area contributed by atoms with Crippen molar-refractivity contribution >= 4 is 11.7 Å². The number of carbonyl (C=O) groups excluding carboxylic acids is 1. The Kier molecular flexibility index (Phi) is 4.36. The van der Waals surface area contributed by atoms with Crippen LogP contribution in [-0.2, 0) is 14.9 Å². The second-order valence-corrected chi connectivity index (χ2v) is 4.06. The van der Waals surface area contributed by atoms with Gasteiger partial charge in [0.1, 0.15) is 11.6 Å². The second-order valence-electron chi connectivity index (χ2n) is 4.06. The molecule has 0 aromatic carbocycles. The van der Waals surface area contributed by atoms with E-state index in [1.807, 2.05) is 6.92 Å². The average Bonchev–Trinajstić information content (AvgIpc) is 2.38. The number of rotatable bonds is 5. The summed E-state index contributed by atoms with van der Waals surface area (Å²) in [5.74, 6) is -0.367. The molecule has 0 N–H and O–H groups in total. The minimum Gasteiger partial charge on any atom is -0.465 e. The van der Waals surface area contributed by atoms with E-state index in [1.54, 1.807) is 13.8 Å². The van der Waals surface area contributed by atoms with Crippen LogP contribution >= 0.6 is 0 Å². The zero-order valence-corrected chi connectivity index (χ0v) is 10.7. The molecule has 1 heterocycles. The summed E-state index contributed by atoms with van der Waals surface area (Å²) in [6, 6.07) is 2.84. The van der Waals surface area contributed by atoms with Gasteiger partial charge in [-0.15, -0.1) is 0 Å². The van der Waals surface area contributed by atoms with Gasteiger partial charge < -0.3 is 4.74 Å². The molecule has 0 aliphatic carbocycles. The summed E-state index contributed by atoms with van der Waals surface area (Å²) >= 11 is 0. The van der Waals surface area contributed by atoms with Crippen molar-refractivity contribution in [2.75, 3.05) is 6.61 Å². The van der Waals surface area contributed by atoms with Crippen molar-refractivity contribution < 1.29 is 14.5 Å². The molecule has 6 heteroatoms. The maximum absolute atomic E-state index is 11.9. The van der Waals surface area contributed by atoms with Gasteiger partial charge in [-0.05, 0) is 26.3 Å². The van der Waals surface area contributed by atoms with E-state index in [2.05, 4.69) is 4.98 Å². The topological polar surface area (TPSA) is 82.3 Å². The van der Waals surface area contributed by atoms with Crippen molar-refractivity contribution in [3.05, 3.63) is 34.1 Å². The molecule has 0 radical (unpaired) electrons. The number of pyridine rings is 1. The number of aromatic nitrogens is 1. The van der Waals surface area contributed by atoms with E-state index >= 15 is 0 Å². The minimum absolute atomic E-state index is 0.0962. The standard InChI is InChI=1S/C12H16N2O4/c1-4-12(3,11(15)18-5-2)10-7-6-9(8-13-10)14(16)17/h6-8H,4-5H2,1-3H3. The average molecular weight is 252 g/mol. The lowest BCUT2D eigenvalue weighted by Crippen LogP contribution is -2.34. The number of nitro groups is 1. The molecule has 0 aliphatic rings. The lowest BCUT2D eigenvalue weighted by molar-refractivity contribution is -0.385. The van der Waals surface area contributed by atoms with Crippen LogP contribution in [0.2, 0.25) is 0 Å². The number of hydrogen-bond acceptors (Lipinski definition) is 5. The molecule has 0 saturated carbocycles. The predicted molar refractivity (Wildman–Crippen MR) is 65.2 cm³/mol. The van der Waals surface area contributed by atoms with Crippen LogP contribution < -0.4 is 0 Å². The number of hydrogen-bond donors (Lipinski definition) is 0. The highest BCUT2D eigenvalue weighted by Crippen LogP contribution is 2.28. The fraction of sp³-hybridized carbons (Fsp3) is 0.500. The van der Waals surface area contributed by atoms with E-state index in [4.69, 9.17) is 4.74 Å². The Balaban J connectivity index is 3.08. The van der Waals surface area contributed by atoms with Gasteiger partial charge in [0.2, 0.25) is 0 Å². The normalized spacial score (nSPS) is 13.7. The smallest absolute Gasteiger partial charge is 0.317 e. The quantitative estimate of drug-likeness (QED) is 0.456. The van der Waals surface area contributed by atoms with E-state index in [0.717, 1.165) is 6.20 Å². The van der Waals surface area contributed by atoms with Gasteiger partial charge in [0.25, 0.3) is 5.69 Å². The zero-order chi connectivity index (χ0) is 13.8. The third kappa shape index (κ3) is 2.64. The van der Waals surface area contributed by atoms with Crippen LogP contribution in [0.5, 0.6) is 0 Å². The van der Waals surface area contributed by atoms with Crippen LogP contribution in [0.15, 0.2) is 18.3 Å². The summed E-state index contributed by atoms with van der Waals surface area (Å²) in [7, 11) is 0. The van der Waals surface area contributed by atoms with Crippen LogP contribution in [0.4, 0.5) is 5.69 Å². The number of ether oxygens (including phenoxy) is 1. The molecule has 6 nitrogen and oxygen atoms in total. The molecule has 1 aromatic rings. The number of esters is 1. The van der Waals surface area contributed by atoms with Crippen LogP contribution in [0.1, 0.15) is 32.9 Å². The summed E-state index contributed by atoms with van der Waals surface area (Å²) in [4.78, 5) is 25.9. The van der Waals surface area contributed by atoms with Gasteiger partial charge >= 0.3 is 5.97 Å². The van der Waals surface area contributed by atoms with Gasteiger partial charge in [-0.2, -0.15) is 0 Å². The molecule has 0 saturated heterocycles. The van der Waals surface area contributed by atoms with Crippen LogP contribution in [0.3, 0.4) is 0 Å². The van der Waals surface area contributed by atoms with Crippen molar-refractivity contribution in [3.8, 4) is 0 Å². The zero-order valence-electron chi connectivity index (χ0n) is 10.7. The van der Waals surface area contributed by atoms with E-state index < -0.39 is 10.3 Å². The van der Waals surface area contributed by atoms with Gasteiger partial charge in [-0.1, -0.05) is 6.92 Å². The van der Waals surface area contributed by atoms with Crippen LogP contribution in [0, 0.1) is 10.1 Å². The fourth-order valence-corrected chi connectivity index (χ4v) is 1.54. The predicted octanol–water partition coefficient (Wildman–Crippen LogP) is 2.22. The SMILES string of the molecule is CCOC(=O)C(C)(CC)c1ccc([N+](=O)[O-])cn1. The first-order valence-corrected chi connectivity index (χ1v) is 5.73. The van der Waals surface area contributed by atoms with Gasteiger partial charge in [-0.3, -0.25) is 19.9 Å². The summed E-state index contributed by atoms with van der Waals surface area (Å²) in [6.45, 7) is 5.60. The van der Waals surface area contributed by atoms with Gasteiger partial charge in [-0.25, -0.2) is 0 Å². The monoisotopic (exact) mass is 252 g/mol. The largest absolute Gasteiger partial charge is 0.465 e. The molecule has 0 amide bonds. The van der Waals surface area contributed by atoms with Gasteiger partial charge in [0.15, 0.2) is 0 Å². The van der Waals surface area contributed by atoms with Gasteiger partial charge in [0, 0.05) is 6.07 Å². The Morgan fingerprint density at radius 2 is 2.17 bits per heavy atom. The Morgan fingerprint density at radius 3 is 2.56 bits per heavy atom.